The van der Waals surface area contributed by atoms with Gasteiger partial charge in [-0.1, -0.05) is 51.1 Å². The number of hydrogen-bond donors (Lipinski definition) is 0. The number of carbonyl (C=O) groups is 2. The van der Waals surface area contributed by atoms with Gasteiger partial charge in [-0.05, 0) is 11.5 Å². The highest BCUT2D eigenvalue weighted by atomic mass is 16.2. The fraction of sp³-hybridized carbons (Fsp3) is 0.500. The molecule has 1 aliphatic rings. The monoisotopic (exact) mass is 274 g/mol. The third kappa shape index (κ3) is 2.84. The molecular weight excluding hydrogens is 252 g/mol. The van der Waals surface area contributed by atoms with E-state index in [1.165, 1.54) is 4.90 Å². The fourth-order valence-corrected chi connectivity index (χ4v) is 2.59. The smallest absolute Gasteiger partial charge is 0.318 e. The molecular formula is C16H22N2O2. The predicted octanol–water partition coefficient (Wildman–Crippen LogP) is 2.89. The summed E-state index contributed by atoms with van der Waals surface area (Å²) >= 11 is 0. The maximum absolute atomic E-state index is 12.5. The van der Waals surface area contributed by atoms with Crippen LogP contribution >= 0.6 is 0 Å². The van der Waals surface area contributed by atoms with Gasteiger partial charge in [0.15, 0.2) is 0 Å². The summed E-state index contributed by atoms with van der Waals surface area (Å²) in [4.78, 5) is 27.7. The number of benzene rings is 1. The fourth-order valence-electron chi connectivity index (χ4n) is 2.59. The van der Waals surface area contributed by atoms with Crippen molar-refractivity contribution in [1.29, 1.82) is 0 Å². The van der Waals surface area contributed by atoms with Gasteiger partial charge in [0.05, 0.1) is 6.04 Å². The van der Waals surface area contributed by atoms with Crippen LogP contribution in [0.5, 0.6) is 0 Å². The molecule has 1 saturated heterocycles. The number of nitrogens with zero attached hydrogens (tertiary/aromatic N) is 2. The van der Waals surface area contributed by atoms with Crippen LogP contribution in [0, 0.1) is 5.92 Å². The standard InChI is InChI=1S/C16H22N2O2/c1-4-15(19)18-14(12(2)3)11-17(16(18)20)10-13-8-6-5-7-9-13/h5-9,12,14H,4,10-11H2,1-3H3/t14-/m1/s1. The van der Waals surface area contributed by atoms with E-state index in [9.17, 15) is 9.59 Å². The Morgan fingerprint density at radius 1 is 1.30 bits per heavy atom. The highest BCUT2D eigenvalue weighted by Crippen LogP contribution is 2.24. The number of rotatable bonds is 4. The molecule has 1 aromatic rings. The molecule has 108 valence electrons. The van der Waals surface area contributed by atoms with Crippen molar-refractivity contribution < 1.29 is 9.59 Å². The molecule has 0 radical (unpaired) electrons. The Kier molecular flexibility index (Phi) is 4.42. The van der Waals surface area contributed by atoms with Gasteiger partial charge < -0.3 is 4.90 Å². The quantitative estimate of drug-likeness (QED) is 0.847. The first kappa shape index (κ1) is 14.6. The highest BCUT2D eigenvalue weighted by molar-refractivity contribution is 5.96. The minimum atomic E-state index is -0.153. The van der Waals surface area contributed by atoms with Crippen molar-refractivity contribution in [2.75, 3.05) is 6.54 Å². The van der Waals surface area contributed by atoms with E-state index in [2.05, 4.69) is 13.8 Å². The molecule has 1 fully saturated rings. The molecule has 1 atom stereocenters. The Bertz CT molecular complexity index is 485. The second-order valence-corrected chi connectivity index (χ2v) is 5.58. The lowest BCUT2D eigenvalue weighted by Crippen LogP contribution is -2.42. The maximum Gasteiger partial charge on any atom is 0.327 e. The van der Waals surface area contributed by atoms with Crippen LogP contribution in [-0.2, 0) is 11.3 Å². The zero-order chi connectivity index (χ0) is 14.7. The molecule has 0 N–H and O–H groups in total. The summed E-state index contributed by atoms with van der Waals surface area (Å²) in [6, 6.07) is 9.72. The van der Waals surface area contributed by atoms with Gasteiger partial charge in [0, 0.05) is 19.5 Å². The van der Waals surface area contributed by atoms with Crippen LogP contribution in [0.4, 0.5) is 4.79 Å². The van der Waals surface area contributed by atoms with E-state index in [-0.39, 0.29) is 23.9 Å². The first-order valence-electron chi connectivity index (χ1n) is 7.19. The molecule has 0 aliphatic carbocycles. The summed E-state index contributed by atoms with van der Waals surface area (Å²) in [6.07, 6.45) is 0.369. The van der Waals surface area contributed by atoms with E-state index in [1.54, 1.807) is 11.8 Å². The Labute approximate surface area is 120 Å². The summed E-state index contributed by atoms with van der Waals surface area (Å²) in [5.74, 6) is 0.194. The lowest BCUT2D eigenvalue weighted by atomic mass is 10.0. The molecule has 4 nitrogen and oxygen atoms in total. The van der Waals surface area contributed by atoms with Crippen LogP contribution in [0.2, 0.25) is 0 Å². The second kappa shape index (κ2) is 6.07. The zero-order valence-electron chi connectivity index (χ0n) is 12.4. The van der Waals surface area contributed by atoms with E-state index in [1.807, 2.05) is 30.3 Å². The largest absolute Gasteiger partial charge is 0.327 e. The van der Waals surface area contributed by atoms with Gasteiger partial charge in [0.2, 0.25) is 5.91 Å². The zero-order valence-corrected chi connectivity index (χ0v) is 12.4. The van der Waals surface area contributed by atoms with Gasteiger partial charge in [-0.3, -0.25) is 9.69 Å². The van der Waals surface area contributed by atoms with E-state index >= 15 is 0 Å². The third-order valence-corrected chi connectivity index (χ3v) is 3.77. The number of hydrogen-bond acceptors (Lipinski definition) is 2. The molecule has 1 heterocycles. The summed E-state index contributed by atoms with van der Waals surface area (Å²) in [5.41, 5.74) is 1.09. The van der Waals surface area contributed by atoms with Gasteiger partial charge in [0.1, 0.15) is 0 Å². The van der Waals surface area contributed by atoms with Crippen molar-refractivity contribution in [2.45, 2.75) is 39.8 Å². The number of imide groups is 1. The molecule has 20 heavy (non-hydrogen) atoms. The van der Waals surface area contributed by atoms with Gasteiger partial charge in [-0.2, -0.15) is 0 Å². The highest BCUT2D eigenvalue weighted by Gasteiger charge is 2.41. The van der Waals surface area contributed by atoms with E-state index in [0.717, 1.165) is 5.56 Å². The predicted molar refractivity (Wildman–Crippen MR) is 78.0 cm³/mol. The van der Waals surface area contributed by atoms with Gasteiger partial charge >= 0.3 is 6.03 Å². The second-order valence-electron chi connectivity index (χ2n) is 5.58. The van der Waals surface area contributed by atoms with Crippen LogP contribution in [-0.4, -0.2) is 34.3 Å². The summed E-state index contributed by atoms with van der Waals surface area (Å²) < 4.78 is 0. The molecule has 2 rings (SSSR count). The molecule has 0 aromatic heterocycles. The van der Waals surface area contributed by atoms with Crippen molar-refractivity contribution in [1.82, 2.24) is 9.80 Å². The molecule has 0 bridgehead atoms. The third-order valence-electron chi connectivity index (χ3n) is 3.77. The molecule has 1 aromatic carbocycles. The van der Waals surface area contributed by atoms with Gasteiger partial charge in [-0.15, -0.1) is 0 Å². The van der Waals surface area contributed by atoms with Crippen LogP contribution < -0.4 is 0 Å². The first-order chi connectivity index (χ1) is 9.54. The first-order valence-corrected chi connectivity index (χ1v) is 7.19. The average molecular weight is 274 g/mol. The van der Waals surface area contributed by atoms with E-state index in [0.29, 0.717) is 19.5 Å². The molecule has 0 saturated carbocycles. The van der Waals surface area contributed by atoms with E-state index in [4.69, 9.17) is 0 Å². The Hall–Kier alpha value is -1.84. The van der Waals surface area contributed by atoms with Gasteiger partial charge in [-0.25, -0.2) is 4.79 Å². The molecule has 1 aliphatic heterocycles. The van der Waals surface area contributed by atoms with Crippen molar-refractivity contribution in [3.05, 3.63) is 35.9 Å². The molecule has 4 heteroatoms. The topological polar surface area (TPSA) is 40.6 Å². The molecule has 3 amide bonds. The average Bonchev–Trinajstić information content (AvgIpc) is 2.77. The molecule has 0 spiro atoms. The van der Waals surface area contributed by atoms with Crippen LogP contribution in [0.25, 0.3) is 0 Å². The van der Waals surface area contributed by atoms with Crippen LogP contribution in [0.3, 0.4) is 0 Å². The van der Waals surface area contributed by atoms with Crippen molar-refractivity contribution in [3.63, 3.8) is 0 Å². The lowest BCUT2D eigenvalue weighted by Gasteiger charge is -2.23. The Morgan fingerprint density at radius 3 is 2.50 bits per heavy atom. The summed E-state index contributed by atoms with van der Waals surface area (Å²) in [5, 5.41) is 0. The number of urea groups is 1. The molecule has 0 unspecified atom stereocenters. The maximum atomic E-state index is 12.5. The SMILES string of the molecule is CCC(=O)N1C(=O)N(Cc2ccccc2)C[C@@H]1C(C)C. The van der Waals surface area contributed by atoms with Crippen molar-refractivity contribution in [3.8, 4) is 0 Å². The Morgan fingerprint density at radius 2 is 1.95 bits per heavy atom. The number of amides is 3. The normalized spacial score (nSPS) is 19.0. The van der Waals surface area contributed by atoms with Crippen molar-refractivity contribution >= 4 is 11.9 Å². The summed E-state index contributed by atoms with van der Waals surface area (Å²) in [7, 11) is 0. The van der Waals surface area contributed by atoms with Crippen molar-refractivity contribution in [2.24, 2.45) is 5.92 Å². The van der Waals surface area contributed by atoms with Crippen LogP contribution in [0.15, 0.2) is 30.3 Å². The number of carbonyl (C=O) groups excluding carboxylic acids is 2. The Balaban J connectivity index is 2.16. The minimum Gasteiger partial charge on any atom is -0.318 e. The van der Waals surface area contributed by atoms with E-state index < -0.39 is 0 Å². The lowest BCUT2D eigenvalue weighted by molar-refractivity contribution is -0.129. The van der Waals surface area contributed by atoms with Gasteiger partial charge in [0.25, 0.3) is 0 Å². The summed E-state index contributed by atoms with van der Waals surface area (Å²) in [6.45, 7) is 7.10. The minimum absolute atomic E-state index is 0.0151. The van der Waals surface area contributed by atoms with Crippen LogP contribution in [0.1, 0.15) is 32.8 Å².